The molecule has 0 N–H and O–H groups in total. The Balaban J connectivity index is 0.000000280. The second-order valence-corrected chi connectivity index (χ2v) is 4.82. The van der Waals surface area contributed by atoms with Crippen molar-refractivity contribution >= 4 is 47.7 Å². The SMILES string of the molecule is COC=O.Cc1ccc2ccn(SI)c2c1. The van der Waals surface area contributed by atoms with Crippen LogP contribution in [0.3, 0.4) is 0 Å². The summed E-state index contributed by atoms with van der Waals surface area (Å²) in [5.41, 5.74) is 2.61. The van der Waals surface area contributed by atoms with Gasteiger partial charge in [-0.1, -0.05) is 12.1 Å². The number of aryl methyl sites for hydroxylation is 1. The van der Waals surface area contributed by atoms with Crippen molar-refractivity contribution in [2.24, 2.45) is 0 Å². The molecule has 0 aliphatic heterocycles. The van der Waals surface area contributed by atoms with Crippen LogP contribution >= 0.6 is 30.3 Å². The van der Waals surface area contributed by atoms with E-state index in [4.69, 9.17) is 4.79 Å². The molecule has 0 fully saturated rings. The molecule has 0 atom stereocenters. The summed E-state index contributed by atoms with van der Waals surface area (Å²) < 4.78 is 6.03. The van der Waals surface area contributed by atoms with E-state index in [0.717, 1.165) is 0 Å². The molecular weight excluding hydrogens is 337 g/mol. The lowest BCUT2D eigenvalue weighted by molar-refractivity contribution is -0.126. The predicted molar refractivity (Wildman–Crippen MR) is 76.8 cm³/mol. The molecule has 2 rings (SSSR count). The molecule has 5 heteroatoms. The summed E-state index contributed by atoms with van der Waals surface area (Å²) in [5, 5.41) is 1.31. The number of hydrogen-bond acceptors (Lipinski definition) is 3. The third kappa shape index (κ3) is 3.41. The highest BCUT2D eigenvalue weighted by atomic mass is 127. The van der Waals surface area contributed by atoms with Gasteiger partial charge in [0.15, 0.2) is 0 Å². The van der Waals surface area contributed by atoms with Crippen LogP contribution in [0.2, 0.25) is 0 Å². The third-order valence-electron chi connectivity index (χ3n) is 1.98. The van der Waals surface area contributed by atoms with E-state index in [1.54, 1.807) is 9.12 Å². The van der Waals surface area contributed by atoms with E-state index in [-0.39, 0.29) is 0 Å². The van der Waals surface area contributed by atoms with E-state index in [1.165, 1.54) is 23.6 Å². The number of aromatic nitrogens is 1. The van der Waals surface area contributed by atoms with Crippen LogP contribution in [0.1, 0.15) is 5.56 Å². The Morgan fingerprint density at radius 3 is 2.69 bits per heavy atom. The molecule has 0 aliphatic rings. The smallest absolute Gasteiger partial charge is 0.292 e. The van der Waals surface area contributed by atoms with Crippen LogP contribution in [0.15, 0.2) is 30.5 Å². The Kier molecular flexibility index (Phi) is 5.68. The van der Waals surface area contributed by atoms with Gasteiger partial charge in [-0.25, -0.2) is 0 Å². The molecule has 0 bridgehead atoms. The molecule has 0 amide bonds. The summed E-state index contributed by atoms with van der Waals surface area (Å²) >= 11 is 2.29. The number of carbonyl (C=O) groups is 1. The highest BCUT2D eigenvalue weighted by Gasteiger charge is 1.99. The van der Waals surface area contributed by atoms with E-state index in [9.17, 15) is 0 Å². The van der Waals surface area contributed by atoms with E-state index < -0.39 is 0 Å². The lowest BCUT2D eigenvalue weighted by Gasteiger charge is -1.98. The molecule has 0 radical (unpaired) electrons. The number of methoxy groups -OCH3 is 1. The first-order valence-electron chi connectivity index (χ1n) is 4.56. The number of carbonyl (C=O) groups excluding carboxylic acids is 1. The Bertz CT molecular complexity index is 470. The zero-order chi connectivity index (χ0) is 12.0. The molecule has 0 saturated heterocycles. The van der Waals surface area contributed by atoms with Crippen LogP contribution in [0.5, 0.6) is 0 Å². The monoisotopic (exact) mass is 349 g/mol. The summed E-state index contributed by atoms with van der Waals surface area (Å²) in [6.07, 6.45) is 2.10. The van der Waals surface area contributed by atoms with E-state index >= 15 is 0 Å². The zero-order valence-electron chi connectivity index (χ0n) is 9.01. The topological polar surface area (TPSA) is 31.2 Å². The molecular formula is C11H12INO2S. The van der Waals surface area contributed by atoms with Gasteiger partial charge in [0, 0.05) is 41.9 Å². The van der Waals surface area contributed by atoms with Gasteiger partial charge >= 0.3 is 0 Å². The molecule has 0 unspecified atom stereocenters. The molecule has 1 aromatic heterocycles. The van der Waals surface area contributed by atoms with E-state index in [1.807, 2.05) is 0 Å². The normalized spacial score (nSPS) is 9.44. The number of nitrogens with zero attached hydrogens (tertiary/aromatic N) is 1. The molecule has 16 heavy (non-hydrogen) atoms. The second kappa shape index (κ2) is 6.80. The van der Waals surface area contributed by atoms with Crippen molar-refractivity contribution in [3.63, 3.8) is 0 Å². The Hall–Kier alpha value is -0.690. The van der Waals surface area contributed by atoms with Crippen molar-refractivity contribution < 1.29 is 9.53 Å². The van der Waals surface area contributed by atoms with Crippen molar-refractivity contribution in [1.82, 2.24) is 3.97 Å². The quantitative estimate of drug-likeness (QED) is 0.613. The van der Waals surface area contributed by atoms with Crippen molar-refractivity contribution in [3.05, 3.63) is 36.0 Å². The summed E-state index contributed by atoms with van der Waals surface area (Å²) in [5.74, 6) is 0. The van der Waals surface area contributed by atoms with Crippen molar-refractivity contribution in [1.29, 1.82) is 0 Å². The minimum Gasteiger partial charge on any atom is -0.471 e. The summed E-state index contributed by atoms with van der Waals surface area (Å²) in [7, 11) is 3.01. The first-order valence-corrected chi connectivity index (χ1v) is 7.87. The van der Waals surface area contributed by atoms with Crippen LogP contribution in [0, 0.1) is 6.92 Å². The fourth-order valence-corrected chi connectivity index (χ4v) is 2.64. The molecule has 0 saturated carbocycles. The number of fused-ring (bicyclic) bond motifs is 1. The maximum Gasteiger partial charge on any atom is 0.292 e. The van der Waals surface area contributed by atoms with Gasteiger partial charge in [0.05, 0.1) is 12.6 Å². The molecule has 0 aliphatic carbocycles. The highest BCUT2D eigenvalue weighted by molar-refractivity contribution is 14.2. The van der Waals surface area contributed by atoms with Gasteiger partial charge < -0.3 is 4.74 Å². The zero-order valence-corrected chi connectivity index (χ0v) is 12.0. The van der Waals surface area contributed by atoms with Gasteiger partial charge in [0.2, 0.25) is 0 Å². The maximum absolute atomic E-state index is 8.95. The summed E-state index contributed by atoms with van der Waals surface area (Å²) in [4.78, 5) is 8.95. The first kappa shape index (κ1) is 13.4. The first-order chi connectivity index (χ1) is 7.72. The van der Waals surface area contributed by atoms with Crippen LogP contribution in [0.25, 0.3) is 10.9 Å². The van der Waals surface area contributed by atoms with Crippen LogP contribution in [0.4, 0.5) is 0 Å². The number of ether oxygens (including phenoxy) is 1. The van der Waals surface area contributed by atoms with Crippen LogP contribution < -0.4 is 0 Å². The average Bonchev–Trinajstić information content (AvgIpc) is 2.71. The van der Waals surface area contributed by atoms with Gasteiger partial charge in [-0.3, -0.25) is 8.77 Å². The standard InChI is InChI=1S/C9H8INS.C2H4O2/c1-7-2-3-8-4-5-11(12-10)9(8)6-7;1-4-2-3/h2-6H,1H3;2H,1H3. The molecule has 1 aromatic carbocycles. The van der Waals surface area contributed by atoms with Crippen LogP contribution in [-0.4, -0.2) is 17.6 Å². The summed E-state index contributed by atoms with van der Waals surface area (Å²) in [6, 6.07) is 8.65. The number of benzene rings is 1. The van der Waals surface area contributed by atoms with Crippen molar-refractivity contribution in [3.8, 4) is 0 Å². The minimum absolute atomic E-state index is 0.375. The number of hydrogen-bond donors (Lipinski definition) is 0. The molecule has 1 heterocycles. The van der Waals surface area contributed by atoms with Gasteiger partial charge in [-0.05, 0) is 24.6 Å². The summed E-state index contributed by atoms with van der Waals surface area (Å²) in [6.45, 7) is 2.49. The van der Waals surface area contributed by atoms with Crippen molar-refractivity contribution in [2.45, 2.75) is 6.92 Å². The van der Waals surface area contributed by atoms with E-state index in [2.05, 4.69) is 67.3 Å². The number of rotatable bonds is 2. The van der Waals surface area contributed by atoms with Crippen LogP contribution in [-0.2, 0) is 9.53 Å². The molecule has 0 spiro atoms. The molecule has 86 valence electrons. The van der Waals surface area contributed by atoms with E-state index in [0.29, 0.717) is 6.47 Å². The second-order valence-electron chi connectivity index (χ2n) is 3.10. The minimum atomic E-state index is 0.375. The van der Waals surface area contributed by atoms with Gasteiger partial charge in [0.1, 0.15) is 0 Å². The lowest BCUT2D eigenvalue weighted by Crippen LogP contribution is -1.79. The van der Waals surface area contributed by atoms with Gasteiger partial charge in [-0.15, -0.1) is 0 Å². The van der Waals surface area contributed by atoms with Gasteiger partial charge in [0.25, 0.3) is 6.47 Å². The largest absolute Gasteiger partial charge is 0.471 e. The lowest BCUT2D eigenvalue weighted by atomic mass is 10.2. The molecule has 3 nitrogen and oxygen atoms in total. The predicted octanol–water partition coefficient (Wildman–Crippen LogP) is 3.59. The molecule has 2 aromatic rings. The van der Waals surface area contributed by atoms with Gasteiger partial charge in [-0.2, -0.15) is 0 Å². The number of halogens is 1. The third-order valence-corrected chi connectivity index (χ3v) is 3.72. The maximum atomic E-state index is 8.95. The Labute approximate surface area is 111 Å². The Morgan fingerprint density at radius 1 is 1.44 bits per heavy atom. The fraction of sp³-hybridized carbons (Fsp3) is 0.182. The fourth-order valence-electron chi connectivity index (χ4n) is 1.27. The van der Waals surface area contributed by atoms with Crippen molar-refractivity contribution in [2.75, 3.05) is 7.11 Å². The highest BCUT2D eigenvalue weighted by Crippen LogP contribution is 2.25. The average molecular weight is 349 g/mol. The Morgan fingerprint density at radius 2 is 2.12 bits per heavy atom.